The maximum absolute atomic E-state index is 13.9. The van der Waals surface area contributed by atoms with Gasteiger partial charge in [0, 0.05) is 57.5 Å². The number of hydrogen-bond acceptors (Lipinski definition) is 13. The summed E-state index contributed by atoms with van der Waals surface area (Å²) in [6.45, 7) is 9.15. The molecule has 1 aliphatic rings. The Hall–Kier alpha value is -3.53. The average Bonchev–Trinajstić information content (AvgIpc) is 3.19. The summed E-state index contributed by atoms with van der Waals surface area (Å²) < 4.78 is 56.5. The van der Waals surface area contributed by atoms with Gasteiger partial charge >= 0.3 is 7.60 Å². The minimum Gasteiger partial charge on any atom is -0.377 e. The molecule has 1 saturated carbocycles. The molecule has 0 radical (unpaired) electrons. The van der Waals surface area contributed by atoms with Crippen molar-refractivity contribution in [1.29, 1.82) is 0 Å². The largest absolute Gasteiger partial charge is 0.377 e. The molecule has 17 nitrogen and oxygen atoms in total. The molecule has 1 rings (SSSR count). The highest BCUT2D eigenvalue weighted by atomic mass is 31.2. The van der Waals surface area contributed by atoms with Gasteiger partial charge in [-0.2, -0.15) is 0 Å². The predicted octanol–water partition coefficient (Wildman–Crippen LogP) is 1.96. The zero-order valence-corrected chi connectivity index (χ0v) is 36.3. The molecule has 0 saturated heterocycles. The summed E-state index contributed by atoms with van der Waals surface area (Å²) in [6, 6.07) is 0. The lowest BCUT2D eigenvalue weighted by Crippen LogP contribution is -2.54. The molecule has 1 unspecified atom stereocenters. The lowest BCUT2D eigenvalue weighted by molar-refractivity contribution is -0.134. The second-order valence-corrected chi connectivity index (χ2v) is 17.6. The van der Waals surface area contributed by atoms with Gasteiger partial charge in [0.15, 0.2) is 0 Å². The summed E-state index contributed by atoms with van der Waals surface area (Å²) in [7, 11) is -2.12. The van der Waals surface area contributed by atoms with E-state index in [4.69, 9.17) is 56.7 Å². The van der Waals surface area contributed by atoms with Crippen LogP contribution < -0.4 is 21.3 Å². The van der Waals surface area contributed by atoms with Gasteiger partial charge in [0.05, 0.1) is 70.7 Å². The van der Waals surface area contributed by atoms with Crippen LogP contribution in [0.1, 0.15) is 72.1 Å². The van der Waals surface area contributed by atoms with E-state index in [1.165, 1.54) is 7.11 Å². The summed E-state index contributed by atoms with van der Waals surface area (Å²) in [5, 5.41) is 10.8. The first-order valence-electron chi connectivity index (χ1n) is 20.0. The third-order valence-electron chi connectivity index (χ3n) is 9.07. The molecule has 4 N–H and O–H groups in total. The third-order valence-corrected chi connectivity index (χ3v) is 11.8. The van der Waals surface area contributed by atoms with Gasteiger partial charge in [0.2, 0.25) is 23.6 Å². The number of amides is 4. The maximum Gasteiger partial charge on any atom is 0.335 e. The van der Waals surface area contributed by atoms with Gasteiger partial charge in [-0.05, 0) is 52.9 Å². The van der Waals surface area contributed by atoms with Crippen LogP contribution in [0.15, 0.2) is 0 Å². The van der Waals surface area contributed by atoms with Crippen LogP contribution in [0.5, 0.6) is 0 Å². The van der Waals surface area contributed by atoms with Gasteiger partial charge in [-0.25, -0.2) is 0 Å². The van der Waals surface area contributed by atoms with Crippen LogP contribution in [0.25, 0.3) is 0 Å². The molecule has 0 aromatic heterocycles. The summed E-state index contributed by atoms with van der Waals surface area (Å²) in [5.41, 5.74) is -1.14. The zero-order valence-electron chi connectivity index (χ0n) is 35.4. The van der Waals surface area contributed by atoms with Crippen molar-refractivity contribution < 1.29 is 61.2 Å². The van der Waals surface area contributed by atoms with Crippen LogP contribution in [-0.2, 0) is 61.2 Å². The molecule has 1 fully saturated rings. The molecular weight excluding hydrogens is 787 g/mol. The molecule has 18 heteroatoms. The summed E-state index contributed by atoms with van der Waals surface area (Å²) in [5.74, 6) is 5.39. The Morgan fingerprint density at radius 3 is 1.29 bits per heavy atom. The number of rotatable bonds is 35. The molecule has 0 aromatic carbocycles. The molecule has 0 aromatic rings. The van der Waals surface area contributed by atoms with E-state index in [0.717, 1.165) is 0 Å². The minimum atomic E-state index is -3.46. The Bertz CT molecular complexity index is 1300. The van der Waals surface area contributed by atoms with Crippen LogP contribution >= 0.6 is 7.60 Å². The predicted molar refractivity (Wildman–Crippen MR) is 221 cm³/mol. The quantitative estimate of drug-likeness (QED) is 0.0409. The topological polar surface area (TPSA) is 207 Å². The van der Waals surface area contributed by atoms with E-state index in [-0.39, 0.29) is 121 Å². The normalized spacial score (nSPS) is 16.0. The molecule has 0 heterocycles. The monoisotopic (exact) mass is 854 g/mol. The van der Waals surface area contributed by atoms with E-state index in [0.29, 0.717) is 52.5 Å². The second kappa shape index (κ2) is 31.4. The van der Waals surface area contributed by atoms with Crippen molar-refractivity contribution in [2.24, 2.45) is 5.92 Å². The van der Waals surface area contributed by atoms with Crippen molar-refractivity contribution >= 4 is 31.2 Å². The lowest BCUT2D eigenvalue weighted by atomic mass is 9.78. The second-order valence-electron chi connectivity index (χ2n) is 14.7. The number of hydrogen-bond donors (Lipinski definition) is 4. The first-order valence-corrected chi connectivity index (χ1v) is 21.5. The molecule has 0 aliphatic heterocycles. The third kappa shape index (κ3) is 24.4. The Morgan fingerprint density at radius 2 is 0.966 bits per heavy atom. The molecule has 59 heavy (non-hydrogen) atoms. The van der Waals surface area contributed by atoms with Crippen molar-refractivity contribution in [1.82, 2.24) is 21.3 Å². The van der Waals surface area contributed by atoms with E-state index in [1.54, 1.807) is 20.8 Å². The molecule has 0 spiro atoms. The van der Waals surface area contributed by atoms with Crippen LogP contribution in [0.4, 0.5) is 0 Å². The highest BCUT2D eigenvalue weighted by molar-refractivity contribution is 7.55. The average molecular weight is 855 g/mol. The van der Waals surface area contributed by atoms with E-state index >= 15 is 0 Å². The van der Waals surface area contributed by atoms with Crippen LogP contribution in [0, 0.1) is 42.9 Å². The number of carbonyl (C=O) groups excluding carboxylic acids is 4. The number of terminal acetylenes is 3. The van der Waals surface area contributed by atoms with Gasteiger partial charge in [-0.1, -0.05) is 17.8 Å². The van der Waals surface area contributed by atoms with Crippen LogP contribution in [-0.4, -0.2) is 146 Å². The van der Waals surface area contributed by atoms with Gasteiger partial charge in [-0.15, -0.1) is 19.3 Å². The zero-order chi connectivity index (χ0) is 43.8. The van der Waals surface area contributed by atoms with Crippen molar-refractivity contribution in [3.63, 3.8) is 0 Å². The lowest BCUT2D eigenvalue weighted by Gasteiger charge is -2.41. The number of nitrogens with one attached hydrogen (secondary N) is 4. The fourth-order valence-corrected chi connectivity index (χ4v) is 7.14. The van der Waals surface area contributed by atoms with Gasteiger partial charge in [0.1, 0.15) is 19.8 Å². The molecule has 334 valence electrons. The standard InChI is InChI=1S/C41H67N4O13P/c1-8-20-52-26-29-55-23-17-42-36(46)11-14-41(15-12-37(47)43-18-24-56-30-27-53-21-9-2,16-13-38(48)44-19-25-57-31-28-54-22-10-3)45-39(49)34-32-35(33-34)58-59(50,51-7)40(4,5)6/h1-3,34-35H,11-33H2,4-7H3,(H,42,46)(H,43,47)(H,44,48)(H,45,49)/t34-,35-,59?. The van der Waals surface area contributed by atoms with Crippen LogP contribution in [0.2, 0.25) is 0 Å². The number of ether oxygens (including phenoxy) is 6. The molecule has 4 amide bonds. The van der Waals surface area contributed by atoms with Gasteiger partial charge in [0.25, 0.3) is 0 Å². The Labute approximate surface area is 351 Å². The van der Waals surface area contributed by atoms with E-state index in [9.17, 15) is 23.7 Å². The smallest absolute Gasteiger partial charge is 0.335 e. The maximum atomic E-state index is 13.9. The van der Waals surface area contributed by atoms with Crippen molar-refractivity contribution in [3.8, 4) is 37.0 Å². The van der Waals surface area contributed by atoms with E-state index in [2.05, 4.69) is 39.0 Å². The number of carbonyl (C=O) groups is 4. The van der Waals surface area contributed by atoms with Crippen LogP contribution in [0.3, 0.4) is 0 Å². The SMILES string of the molecule is C#CCOCCOCCNC(=O)CCC(CCC(=O)NCCOCCOCC#C)(CCC(=O)NCCOCCOCC#C)NC(=O)[C@H]1C[C@H](OP(=O)(OC)C(C)(C)C)C1. The highest BCUT2D eigenvalue weighted by Gasteiger charge is 2.46. The fraction of sp³-hybridized carbons (Fsp3) is 0.756. The summed E-state index contributed by atoms with van der Waals surface area (Å²) in [4.78, 5) is 53.1. The van der Waals surface area contributed by atoms with Gasteiger partial charge < -0.3 is 58.7 Å². The Kier molecular flexibility index (Phi) is 28.4. The first kappa shape index (κ1) is 53.5. The highest BCUT2D eigenvalue weighted by Crippen LogP contribution is 2.61. The molecule has 1 atom stereocenters. The van der Waals surface area contributed by atoms with E-state index in [1.807, 2.05) is 0 Å². The Morgan fingerprint density at radius 1 is 0.610 bits per heavy atom. The molecule has 1 aliphatic carbocycles. The summed E-state index contributed by atoms with van der Waals surface area (Å²) in [6.07, 6.45) is 16.0. The minimum absolute atomic E-state index is 0.0149. The van der Waals surface area contributed by atoms with Crippen molar-refractivity contribution in [2.45, 2.75) is 88.9 Å². The van der Waals surface area contributed by atoms with Crippen molar-refractivity contribution in [3.05, 3.63) is 0 Å². The summed E-state index contributed by atoms with van der Waals surface area (Å²) >= 11 is 0. The van der Waals surface area contributed by atoms with Gasteiger partial charge in [-0.3, -0.25) is 23.7 Å². The first-order chi connectivity index (χ1) is 28.2. The molecular formula is C41H67N4O13P. The fourth-order valence-electron chi connectivity index (χ4n) is 5.63. The van der Waals surface area contributed by atoms with Crippen molar-refractivity contribution in [2.75, 3.05) is 106 Å². The van der Waals surface area contributed by atoms with E-state index < -0.39 is 30.3 Å². The Balaban J connectivity index is 3.06. The molecule has 0 bridgehead atoms.